The van der Waals surface area contributed by atoms with Crippen LogP contribution in [0.4, 0.5) is 4.79 Å². The molecule has 0 bridgehead atoms. The Bertz CT molecular complexity index is 624. The van der Waals surface area contributed by atoms with Crippen molar-refractivity contribution in [3.8, 4) is 25.7 Å². The number of hydrogen-bond acceptors (Lipinski definition) is 4. The Morgan fingerprint density at radius 1 is 1.14 bits per heavy atom. The predicted octanol–water partition coefficient (Wildman–Crippen LogP) is 5.21. The fraction of sp³-hybridized carbons (Fsp3) is 0.607. The molecule has 35 heavy (non-hydrogen) atoms. The van der Waals surface area contributed by atoms with Crippen molar-refractivity contribution in [3.63, 3.8) is 0 Å². The van der Waals surface area contributed by atoms with Crippen molar-refractivity contribution in [3.05, 3.63) is 24.8 Å². The highest BCUT2D eigenvalue weighted by atomic mass is 16.6. The molecule has 7 heteroatoms. The molecule has 0 aromatic rings. The Balaban J connectivity index is -0.000000222. The first-order valence-corrected chi connectivity index (χ1v) is 11.6. The lowest BCUT2D eigenvalue weighted by Crippen LogP contribution is -2.47. The number of nitrogens with one attached hydrogen (secondary N) is 1. The lowest BCUT2D eigenvalue weighted by molar-refractivity contribution is -0.120. The van der Waals surface area contributed by atoms with Gasteiger partial charge in [0.15, 0.2) is 0 Å². The minimum absolute atomic E-state index is 0.122. The third-order valence-electron chi connectivity index (χ3n) is 5.67. The van der Waals surface area contributed by atoms with Crippen LogP contribution in [0.25, 0.3) is 0 Å². The standard InChI is InChI=1S/C15H26O.C6H12N2O3.C2H4.2C2H2.CH2O/c1-12(2)7-6-8-13(3)14-9-4-5-10-15(14)11-16-15;1-3(2)4(5(7)9)8-6(10)11;4*1-2/h7,13-14H,4-6,8-11H2,1-3H3;3-4,8H,1-2H3,(H2,7,9)(H,10,11);1-2H2;2*1-2H;1H2/t13?,14?,15-;;;;;/m0...../s1. The summed E-state index contributed by atoms with van der Waals surface area (Å²) in [5.74, 6) is 0.899. The van der Waals surface area contributed by atoms with Crippen LogP contribution in [0.15, 0.2) is 24.8 Å². The SMILES string of the molecule is C#C.C#C.C=C.C=O.CC(C)=CCCC(C)C1CCCC[C@]12CO2.CC(C)C(NC(=O)O)C(N)=O. The van der Waals surface area contributed by atoms with E-state index in [9.17, 15) is 9.59 Å². The Labute approximate surface area is 214 Å². The van der Waals surface area contributed by atoms with Gasteiger partial charge in [-0.2, -0.15) is 0 Å². The lowest BCUT2D eigenvalue weighted by atomic mass is 9.71. The molecule has 2 aliphatic rings. The van der Waals surface area contributed by atoms with E-state index in [0.29, 0.717) is 5.60 Å². The first-order chi connectivity index (χ1) is 16.6. The van der Waals surface area contributed by atoms with Crippen LogP contribution in [0.5, 0.6) is 0 Å². The maximum Gasteiger partial charge on any atom is 0.405 e. The monoisotopic (exact) mass is 492 g/mol. The van der Waals surface area contributed by atoms with E-state index in [4.69, 9.17) is 20.4 Å². The summed E-state index contributed by atoms with van der Waals surface area (Å²) in [5.41, 5.74) is 6.71. The molecule has 1 saturated carbocycles. The van der Waals surface area contributed by atoms with Gasteiger partial charge in [-0.05, 0) is 57.3 Å². The molecule has 2 amide bonds. The van der Waals surface area contributed by atoms with E-state index in [1.807, 2.05) is 12.1 Å². The molecule has 3 unspecified atom stereocenters. The topological polar surface area (TPSA) is 122 Å². The van der Waals surface area contributed by atoms with Crippen LogP contribution < -0.4 is 11.1 Å². The Hall–Kier alpha value is -3.03. The number of carbonyl (C=O) groups is 3. The summed E-state index contributed by atoms with van der Waals surface area (Å²) in [4.78, 5) is 28.7. The zero-order chi connectivity index (χ0) is 28.6. The molecule has 0 radical (unpaired) electrons. The van der Waals surface area contributed by atoms with E-state index in [0.717, 1.165) is 18.4 Å². The lowest BCUT2D eigenvalue weighted by Gasteiger charge is -2.33. The van der Waals surface area contributed by atoms with Crippen molar-refractivity contribution in [2.24, 2.45) is 23.5 Å². The predicted molar refractivity (Wildman–Crippen MR) is 146 cm³/mol. The van der Waals surface area contributed by atoms with Gasteiger partial charge < -0.3 is 25.7 Å². The molecule has 1 aliphatic carbocycles. The molecule has 1 spiro atoms. The molecule has 4 N–H and O–H groups in total. The number of allylic oxidation sites excluding steroid dienone is 2. The highest BCUT2D eigenvalue weighted by Crippen LogP contribution is 2.49. The average Bonchev–Trinajstić information content (AvgIpc) is 3.62. The van der Waals surface area contributed by atoms with Gasteiger partial charge in [0.25, 0.3) is 0 Å². The molecule has 7 nitrogen and oxygen atoms in total. The van der Waals surface area contributed by atoms with Gasteiger partial charge in [0, 0.05) is 0 Å². The van der Waals surface area contributed by atoms with Crippen molar-refractivity contribution in [1.82, 2.24) is 5.32 Å². The minimum atomic E-state index is -1.23. The summed E-state index contributed by atoms with van der Waals surface area (Å²) in [6.07, 6.45) is 25.2. The molecular formula is C28H48N2O5. The van der Waals surface area contributed by atoms with Crippen LogP contribution in [0.2, 0.25) is 0 Å². The number of carbonyl (C=O) groups excluding carboxylic acids is 2. The molecule has 1 saturated heterocycles. The largest absolute Gasteiger partial charge is 0.465 e. The van der Waals surface area contributed by atoms with Crippen molar-refractivity contribution < 1.29 is 24.2 Å². The Morgan fingerprint density at radius 2 is 1.63 bits per heavy atom. The number of hydrogen-bond donors (Lipinski definition) is 3. The smallest absolute Gasteiger partial charge is 0.405 e. The van der Waals surface area contributed by atoms with Crippen LogP contribution in [-0.2, 0) is 14.3 Å². The second-order valence-electron chi connectivity index (χ2n) is 8.62. The van der Waals surface area contributed by atoms with Gasteiger partial charge in [-0.3, -0.25) is 4.79 Å². The Morgan fingerprint density at radius 3 is 1.94 bits per heavy atom. The minimum Gasteiger partial charge on any atom is -0.465 e. The molecule has 0 aromatic heterocycles. The van der Waals surface area contributed by atoms with Gasteiger partial charge in [0.05, 0.1) is 12.2 Å². The van der Waals surface area contributed by atoms with Crippen molar-refractivity contribution in [2.45, 2.75) is 84.8 Å². The van der Waals surface area contributed by atoms with E-state index in [2.05, 4.69) is 65.7 Å². The van der Waals surface area contributed by atoms with Gasteiger partial charge in [0.1, 0.15) is 12.8 Å². The number of ether oxygens (including phenoxy) is 1. The van der Waals surface area contributed by atoms with E-state index < -0.39 is 18.0 Å². The molecule has 1 heterocycles. The van der Waals surface area contributed by atoms with Gasteiger partial charge in [-0.15, -0.1) is 38.9 Å². The number of terminal acetylenes is 2. The third kappa shape index (κ3) is 18.0. The normalized spacial score (nSPS) is 20.2. The number of epoxide rings is 1. The van der Waals surface area contributed by atoms with Gasteiger partial charge >= 0.3 is 6.09 Å². The molecule has 4 atom stereocenters. The zero-order valence-corrected chi connectivity index (χ0v) is 22.4. The quantitative estimate of drug-likeness (QED) is 0.256. The summed E-state index contributed by atoms with van der Waals surface area (Å²) < 4.78 is 5.78. The fourth-order valence-corrected chi connectivity index (χ4v) is 4.03. The van der Waals surface area contributed by atoms with Gasteiger partial charge in [-0.25, -0.2) is 4.79 Å². The molecular weight excluding hydrogens is 444 g/mol. The molecule has 1 aliphatic heterocycles. The van der Waals surface area contributed by atoms with Crippen molar-refractivity contribution in [1.29, 1.82) is 0 Å². The Kier molecular flexibility index (Phi) is 27.0. The number of rotatable bonds is 7. The number of primary amides is 1. The third-order valence-corrected chi connectivity index (χ3v) is 5.67. The van der Waals surface area contributed by atoms with Crippen LogP contribution in [-0.4, -0.2) is 42.1 Å². The fourth-order valence-electron chi connectivity index (χ4n) is 4.03. The van der Waals surface area contributed by atoms with Crippen LogP contribution in [0.3, 0.4) is 0 Å². The second kappa shape index (κ2) is 24.1. The number of amides is 2. The zero-order valence-electron chi connectivity index (χ0n) is 22.4. The highest BCUT2D eigenvalue weighted by Gasteiger charge is 2.53. The molecule has 2 rings (SSSR count). The summed E-state index contributed by atoms with van der Waals surface area (Å²) >= 11 is 0. The number of nitrogens with two attached hydrogens (primary N) is 1. The summed E-state index contributed by atoms with van der Waals surface area (Å²) in [5, 5.41) is 10.3. The molecule has 2 fully saturated rings. The van der Waals surface area contributed by atoms with E-state index >= 15 is 0 Å². The van der Waals surface area contributed by atoms with Crippen molar-refractivity contribution >= 4 is 18.8 Å². The highest BCUT2D eigenvalue weighted by molar-refractivity contribution is 5.83. The van der Waals surface area contributed by atoms with Gasteiger partial charge in [0.2, 0.25) is 5.91 Å². The van der Waals surface area contributed by atoms with Crippen LogP contribution in [0.1, 0.15) is 73.1 Å². The molecule has 0 aromatic carbocycles. The van der Waals surface area contributed by atoms with Crippen LogP contribution >= 0.6 is 0 Å². The summed E-state index contributed by atoms with van der Waals surface area (Å²) in [6, 6.07) is -0.799. The first kappa shape index (κ1) is 39.2. The summed E-state index contributed by atoms with van der Waals surface area (Å²) in [7, 11) is 0. The maximum absolute atomic E-state index is 10.6. The van der Waals surface area contributed by atoms with Gasteiger partial charge in [-0.1, -0.05) is 45.3 Å². The average molecular weight is 493 g/mol. The molecule has 200 valence electrons. The maximum atomic E-state index is 10.6. The van der Waals surface area contributed by atoms with E-state index in [-0.39, 0.29) is 5.92 Å². The van der Waals surface area contributed by atoms with E-state index in [1.165, 1.54) is 44.1 Å². The first-order valence-electron chi connectivity index (χ1n) is 11.6. The van der Waals surface area contributed by atoms with E-state index in [1.54, 1.807) is 13.8 Å². The summed E-state index contributed by atoms with van der Waals surface area (Å²) in [6.45, 7) is 19.3. The number of carboxylic acid groups (broad SMARTS) is 1. The second-order valence-corrected chi connectivity index (χ2v) is 8.62. The van der Waals surface area contributed by atoms with Crippen LogP contribution in [0, 0.1) is 43.4 Å². The van der Waals surface area contributed by atoms with Crippen molar-refractivity contribution in [2.75, 3.05) is 6.61 Å².